The summed E-state index contributed by atoms with van der Waals surface area (Å²) < 4.78 is 7.73. The smallest absolute Gasteiger partial charge is 0.146 e. The highest BCUT2D eigenvalue weighted by Gasteiger charge is 2.36. The molecule has 2 N–H and O–H groups in total. The maximum absolute atomic E-state index is 10.9. The Labute approximate surface area is 171 Å². The maximum Gasteiger partial charge on any atom is 0.146 e. The quantitative estimate of drug-likeness (QED) is 0.611. The van der Waals surface area contributed by atoms with Gasteiger partial charge >= 0.3 is 0 Å². The molecule has 1 saturated heterocycles. The first-order chi connectivity index (χ1) is 14.1. The lowest BCUT2D eigenvalue weighted by molar-refractivity contribution is 0.0626. The molecule has 0 amide bonds. The molecule has 1 aliphatic heterocycles. The third-order valence-electron chi connectivity index (χ3n) is 5.30. The largest absolute Gasteiger partial charge is 0.486 e. The molecule has 1 aromatic carbocycles. The van der Waals surface area contributed by atoms with E-state index in [1.807, 2.05) is 60.3 Å². The molecule has 1 atom stereocenters. The highest BCUT2D eigenvalue weighted by molar-refractivity contribution is 5.40. The minimum Gasteiger partial charge on any atom is -0.486 e. The van der Waals surface area contributed by atoms with Crippen LogP contribution in [0.15, 0.2) is 61.1 Å². The fraction of sp³-hybridized carbons (Fsp3) is 0.364. The van der Waals surface area contributed by atoms with E-state index in [0.717, 1.165) is 35.9 Å². The number of aliphatic hydroxyl groups is 1. The number of hydrogen-bond donors (Lipinski definition) is 2. The van der Waals surface area contributed by atoms with Crippen LogP contribution >= 0.6 is 0 Å². The lowest BCUT2D eigenvalue weighted by Crippen LogP contribution is -2.43. The van der Waals surface area contributed by atoms with Crippen LogP contribution < -0.4 is 15.0 Å². The van der Waals surface area contributed by atoms with Gasteiger partial charge in [0.25, 0.3) is 0 Å². The molecular weight excluding hydrogens is 366 g/mol. The van der Waals surface area contributed by atoms with Crippen LogP contribution in [0.3, 0.4) is 0 Å². The Hall–Kier alpha value is -2.90. The van der Waals surface area contributed by atoms with Crippen molar-refractivity contribution in [1.82, 2.24) is 19.9 Å². The Kier molecular flexibility index (Phi) is 5.78. The topological polar surface area (TPSA) is 75.4 Å². The molecule has 0 spiro atoms. The lowest BCUT2D eigenvalue weighted by Gasteiger charge is -2.24. The third-order valence-corrected chi connectivity index (χ3v) is 5.30. The van der Waals surface area contributed by atoms with Gasteiger partial charge < -0.3 is 24.6 Å². The van der Waals surface area contributed by atoms with Crippen molar-refractivity contribution in [1.29, 1.82) is 0 Å². The van der Waals surface area contributed by atoms with E-state index >= 15 is 0 Å². The summed E-state index contributed by atoms with van der Waals surface area (Å²) >= 11 is 0. The predicted octanol–water partition coefficient (Wildman–Crippen LogP) is 2.13. The highest BCUT2D eigenvalue weighted by Crippen LogP contribution is 2.25. The normalized spacial score (nSPS) is 18.9. The van der Waals surface area contributed by atoms with E-state index in [2.05, 4.69) is 20.2 Å². The fourth-order valence-electron chi connectivity index (χ4n) is 3.56. The highest BCUT2D eigenvalue weighted by atomic mass is 16.5. The molecule has 3 heterocycles. The second-order valence-electron chi connectivity index (χ2n) is 7.57. The summed E-state index contributed by atoms with van der Waals surface area (Å²) in [7, 11) is 1.95. The van der Waals surface area contributed by atoms with Gasteiger partial charge in [-0.1, -0.05) is 18.2 Å². The summed E-state index contributed by atoms with van der Waals surface area (Å²) in [6, 6.07) is 13.9. The second kappa shape index (κ2) is 8.63. The lowest BCUT2D eigenvalue weighted by atomic mass is 10.0. The number of imidazole rings is 1. The van der Waals surface area contributed by atoms with Crippen molar-refractivity contribution < 1.29 is 9.84 Å². The van der Waals surface area contributed by atoms with Crippen molar-refractivity contribution in [2.24, 2.45) is 7.05 Å². The van der Waals surface area contributed by atoms with E-state index in [9.17, 15) is 5.11 Å². The number of pyridine rings is 1. The maximum atomic E-state index is 10.9. The van der Waals surface area contributed by atoms with Gasteiger partial charge in [-0.2, -0.15) is 0 Å². The van der Waals surface area contributed by atoms with Gasteiger partial charge in [0.15, 0.2) is 0 Å². The summed E-state index contributed by atoms with van der Waals surface area (Å²) in [6.07, 6.45) is 6.19. The number of aromatic nitrogens is 3. The molecule has 0 radical (unpaired) electrons. The van der Waals surface area contributed by atoms with Gasteiger partial charge in [-0.15, -0.1) is 0 Å². The molecule has 152 valence electrons. The van der Waals surface area contributed by atoms with Gasteiger partial charge in [-0.25, -0.2) is 9.97 Å². The van der Waals surface area contributed by atoms with Gasteiger partial charge in [0, 0.05) is 51.8 Å². The Morgan fingerprint density at radius 2 is 2.00 bits per heavy atom. The van der Waals surface area contributed by atoms with Gasteiger partial charge in [0.2, 0.25) is 0 Å². The molecule has 1 fully saturated rings. The number of rotatable bonds is 8. The first-order valence-electron chi connectivity index (χ1n) is 9.88. The van der Waals surface area contributed by atoms with Crippen molar-refractivity contribution in [2.45, 2.75) is 25.2 Å². The Bertz CT molecular complexity index is 912. The standard InChI is InChI=1S/C22H27N5O2/c1-26-13-11-25-21(26)15-29-19-7-5-18(6-8-19)14-23-16-22(28)9-12-27(17-22)20-4-2-3-10-24-20/h2-8,10-11,13,23,28H,9,12,14-17H2,1H3/t22-/m0/s1. The number of hydrogen-bond acceptors (Lipinski definition) is 6. The fourth-order valence-corrected chi connectivity index (χ4v) is 3.56. The SMILES string of the molecule is Cn1ccnc1COc1ccc(CNC[C@@]2(O)CCN(c3ccccn3)C2)cc1. The number of ether oxygens (including phenoxy) is 1. The van der Waals surface area contributed by atoms with E-state index in [1.54, 1.807) is 12.4 Å². The summed E-state index contributed by atoms with van der Waals surface area (Å²) in [4.78, 5) is 10.8. The van der Waals surface area contributed by atoms with Gasteiger partial charge in [0.05, 0.1) is 5.60 Å². The van der Waals surface area contributed by atoms with Crippen molar-refractivity contribution >= 4 is 5.82 Å². The van der Waals surface area contributed by atoms with Crippen LogP contribution in [0.2, 0.25) is 0 Å². The van der Waals surface area contributed by atoms with Crippen molar-refractivity contribution in [2.75, 3.05) is 24.5 Å². The number of benzene rings is 1. The summed E-state index contributed by atoms with van der Waals surface area (Å²) in [5.41, 5.74) is 0.417. The Balaban J connectivity index is 1.23. The van der Waals surface area contributed by atoms with Crippen LogP contribution in [-0.2, 0) is 20.2 Å². The van der Waals surface area contributed by atoms with Crippen molar-refractivity contribution in [3.8, 4) is 5.75 Å². The molecule has 4 rings (SSSR count). The molecule has 3 aromatic rings. The van der Waals surface area contributed by atoms with Gasteiger partial charge in [-0.3, -0.25) is 0 Å². The first-order valence-corrected chi connectivity index (χ1v) is 9.88. The minimum atomic E-state index is -0.733. The van der Waals surface area contributed by atoms with Crippen LogP contribution in [0.4, 0.5) is 5.82 Å². The molecule has 0 saturated carbocycles. The minimum absolute atomic E-state index is 0.445. The number of aryl methyl sites for hydroxylation is 1. The summed E-state index contributed by atoms with van der Waals surface area (Å²) in [5.74, 6) is 2.63. The average molecular weight is 393 g/mol. The summed E-state index contributed by atoms with van der Waals surface area (Å²) in [6.45, 7) is 3.11. The third kappa shape index (κ3) is 4.93. The molecule has 0 bridgehead atoms. The molecule has 2 aromatic heterocycles. The zero-order chi connectivity index (χ0) is 20.1. The van der Waals surface area contributed by atoms with E-state index < -0.39 is 5.60 Å². The molecule has 29 heavy (non-hydrogen) atoms. The van der Waals surface area contributed by atoms with E-state index in [4.69, 9.17) is 4.74 Å². The van der Waals surface area contributed by atoms with E-state index in [1.165, 1.54) is 0 Å². The molecule has 7 nitrogen and oxygen atoms in total. The average Bonchev–Trinajstić information content (AvgIpc) is 3.34. The van der Waals surface area contributed by atoms with Crippen LogP contribution in [0.25, 0.3) is 0 Å². The number of nitrogens with zero attached hydrogens (tertiary/aromatic N) is 4. The number of β-amino-alcohol motifs (C(OH)–C–C–N with tert-alkyl or cyclic N) is 1. The molecule has 0 unspecified atom stereocenters. The second-order valence-corrected chi connectivity index (χ2v) is 7.57. The summed E-state index contributed by atoms with van der Waals surface area (Å²) in [5, 5.41) is 14.3. The molecule has 7 heteroatoms. The van der Waals surface area contributed by atoms with E-state index in [-0.39, 0.29) is 0 Å². The zero-order valence-corrected chi connectivity index (χ0v) is 16.7. The number of nitrogens with one attached hydrogen (secondary N) is 1. The van der Waals surface area contributed by atoms with Crippen LogP contribution in [0.5, 0.6) is 5.75 Å². The van der Waals surface area contributed by atoms with Gasteiger partial charge in [-0.05, 0) is 36.2 Å². The zero-order valence-electron chi connectivity index (χ0n) is 16.7. The van der Waals surface area contributed by atoms with Crippen LogP contribution in [-0.4, -0.2) is 44.9 Å². The molecular formula is C22H27N5O2. The molecule has 1 aliphatic rings. The van der Waals surface area contributed by atoms with Crippen molar-refractivity contribution in [3.63, 3.8) is 0 Å². The Morgan fingerprint density at radius 1 is 1.14 bits per heavy atom. The molecule has 0 aliphatic carbocycles. The van der Waals surface area contributed by atoms with Crippen molar-refractivity contribution in [3.05, 3.63) is 72.4 Å². The predicted molar refractivity (Wildman–Crippen MR) is 112 cm³/mol. The Morgan fingerprint density at radius 3 is 2.72 bits per heavy atom. The van der Waals surface area contributed by atoms with Crippen LogP contribution in [0.1, 0.15) is 17.8 Å². The van der Waals surface area contributed by atoms with E-state index in [0.29, 0.717) is 26.2 Å². The van der Waals surface area contributed by atoms with Gasteiger partial charge in [0.1, 0.15) is 24.0 Å². The first kappa shape index (κ1) is 19.4. The van der Waals surface area contributed by atoms with Crippen LogP contribution in [0, 0.1) is 0 Å². The monoisotopic (exact) mass is 393 g/mol. The number of anilines is 1.